The van der Waals surface area contributed by atoms with Crippen LogP contribution in [0.4, 0.5) is 0 Å². The van der Waals surface area contributed by atoms with Crippen molar-refractivity contribution in [3.05, 3.63) is 52.8 Å². The normalized spacial score (nSPS) is 11.3. The van der Waals surface area contributed by atoms with Crippen LogP contribution >= 0.6 is 11.6 Å². The molecule has 0 spiro atoms. The van der Waals surface area contributed by atoms with Gasteiger partial charge in [0.2, 0.25) is 5.91 Å². The van der Waals surface area contributed by atoms with Crippen molar-refractivity contribution in [1.82, 2.24) is 15.6 Å². The zero-order valence-corrected chi connectivity index (χ0v) is 35.5. The van der Waals surface area contributed by atoms with Gasteiger partial charge in [-0.25, -0.2) is 13.2 Å². The maximum atomic E-state index is 13.1. The van der Waals surface area contributed by atoms with Crippen LogP contribution in [0.25, 0.3) is 0 Å². The van der Waals surface area contributed by atoms with E-state index < -0.39 is 27.7 Å². The first-order valence-electron chi connectivity index (χ1n) is 20.4. The number of carbonyl (C=O) groups excluding carboxylic acids is 2. The Morgan fingerprint density at radius 1 is 0.627 bits per heavy atom. The van der Waals surface area contributed by atoms with Crippen molar-refractivity contribution < 1.29 is 61.5 Å². The Balaban J connectivity index is 1.52. The summed E-state index contributed by atoms with van der Waals surface area (Å²) in [5.74, 6) is -2.43. The molecule has 18 heteroatoms. The van der Waals surface area contributed by atoms with Crippen LogP contribution in [0.5, 0.6) is 5.75 Å². The van der Waals surface area contributed by atoms with Gasteiger partial charge in [-0.2, -0.15) is 0 Å². The number of sulfone groups is 1. The van der Waals surface area contributed by atoms with Gasteiger partial charge in [-0.05, 0) is 43.2 Å². The molecule has 4 N–H and O–H groups in total. The van der Waals surface area contributed by atoms with E-state index >= 15 is 0 Å². The number of carboxylic acid groups (broad SMARTS) is 2. The number of hydrogen-bond acceptors (Lipinski definition) is 12. The summed E-state index contributed by atoms with van der Waals surface area (Å²) in [4.78, 5) is 49.3. The maximum absolute atomic E-state index is 13.1. The number of carboxylic acids is 2. The third-order valence-corrected chi connectivity index (χ3v) is 10.7. The lowest BCUT2D eigenvalue weighted by Crippen LogP contribution is -2.31. The highest BCUT2D eigenvalue weighted by Crippen LogP contribution is 2.29. The van der Waals surface area contributed by atoms with Crippen LogP contribution in [0.1, 0.15) is 106 Å². The lowest BCUT2D eigenvalue weighted by Gasteiger charge is -2.11. The molecule has 16 nitrogen and oxygen atoms in total. The molecule has 0 aliphatic carbocycles. The van der Waals surface area contributed by atoms with Gasteiger partial charge >= 0.3 is 11.9 Å². The summed E-state index contributed by atoms with van der Waals surface area (Å²) in [5.41, 5.74) is 0.526. The molecule has 1 aromatic carbocycles. The minimum atomic E-state index is -3.78. The fourth-order valence-electron chi connectivity index (χ4n) is 5.64. The van der Waals surface area contributed by atoms with Crippen LogP contribution in [0.2, 0.25) is 5.02 Å². The molecule has 2 amide bonds. The molecule has 0 aliphatic heterocycles. The van der Waals surface area contributed by atoms with E-state index in [0.29, 0.717) is 12.4 Å². The van der Waals surface area contributed by atoms with E-state index in [-0.39, 0.29) is 105 Å². The summed E-state index contributed by atoms with van der Waals surface area (Å²) in [6.07, 6.45) is 16.1. The van der Waals surface area contributed by atoms with Gasteiger partial charge in [-0.3, -0.25) is 19.4 Å². The van der Waals surface area contributed by atoms with E-state index in [1.165, 1.54) is 75.4 Å². The topological polar surface area (TPSA) is 226 Å². The second-order valence-electron chi connectivity index (χ2n) is 13.8. The van der Waals surface area contributed by atoms with E-state index in [1.807, 2.05) is 0 Å². The highest BCUT2D eigenvalue weighted by Gasteiger charge is 2.19. The number of nitrogens with zero attached hydrogens (tertiary/aromatic N) is 1. The largest absolute Gasteiger partial charge is 0.492 e. The second-order valence-corrected chi connectivity index (χ2v) is 16.2. The van der Waals surface area contributed by atoms with E-state index in [9.17, 15) is 27.6 Å². The molecule has 0 unspecified atom stereocenters. The number of pyridine rings is 1. The summed E-state index contributed by atoms with van der Waals surface area (Å²) >= 11 is 6.39. The molecule has 0 bridgehead atoms. The van der Waals surface area contributed by atoms with Crippen LogP contribution in [0, 0.1) is 0 Å². The zero-order chi connectivity index (χ0) is 43.0. The van der Waals surface area contributed by atoms with Crippen molar-refractivity contribution in [1.29, 1.82) is 0 Å². The third-order valence-electron chi connectivity index (χ3n) is 8.78. The van der Waals surface area contributed by atoms with Gasteiger partial charge in [0.1, 0.15) is 19.0 Å². The molecule has 0 saturated heterocycles. The number of ether oxygens (including phenoxy) is 5. The summed E-state index contributed by atoms with van der Waals surface area (Å²) in [5, 5.41) is 22.7. The number of hydrogen-bond donors (Lipinski definition) is 4. The Hall–Kier alpha value is -3.87. The van der Waals surface area contributed by atoms with Crippen molar-refractivity contribution in [2.24, 2.45) is 0 Å². The zero-order valence-electron chi connectivity index (χ0n) is 34.0. The Labute approximate surface area is 352 Å². The van der Waals surface area contributed by atoms with Crippen LogP contribution in [-0.4, -0.2) is 120 Å². The fraction of sp³-hybridized carbons (Fsp3) is 0.634. The molecule has 59 heavy (non-hydrogen) atoms. The molecule has 0 radical (unpaired) electrons. The first-order chi connectivity index (χ1) is 28.5. The molecule has 1 heterocycles. The van der Waals surface area contributed by atoms with Crippen molar-refractivity contribution in [2.45, 2.75) is 101 Å². The average Bonchev–Trinajstić information content (AvgIpc) is 3.20. The number of nitrogens with one attached hydrogen (secondary N) is 2. The van der Waals surface area contributed by atoms with Crippen molar-refractivity contribution in [3.63, 3.8) is 0 Å². The molecular weight excluding hydrogens is 810 g/mol. The maximum Gasteiger partial charge on any atom is 0.329 e. The number of benzene rings is 1. The predicted octanol–water partition coefficient (Wildman–Crippen LogP) is 5.63. The van der Waals surface area contributed by atoms with Crippen molar-refractivity contribution in [2.75, 3.05) is 72.6 Å². The molecule has 2 aromatic rings. The van der Waals surface area contributed by atoms with E-state index in [1.54, 1.807) is 6.07 Å². The summed E-state index contributed by atoms with van der Waals surface area (Å²) < 4.78 is 52.7. The van der Waals surface area contributed by atoms with Gasteiger partial charge in [0, 0.05) is 25.7 Å². The van der Waals surface area contributed by atoms with Crippen LogP contribution < -0.4 is 15.4 Å². The monoisotopic (exact) mass is 871 g/mol. The van der Waals surface area contributed by atoms with Crippen molar-refractivity contribution >= 4 is 45.2 Å². The summed E-state index contributed by atoms with van der Waals surface area (Å²) in [6.45, 7) is 1.60. The molecule has 1 aromatic heterocycles. The van der Waals surface area contributed by atoms with Gasteiger partial charge in [0.25, 0.3) is 5.91 Å². The van der Waals surface area contributed by atoms with Crippen LogP contribution in [0.3, 0.4) is 0 Å². The van der Waals surface area contributed by atoms with Gasteiger partial charge < -0.3 is 44.5 Å². The predicted molar refractivity (Wildman–Crippen MR) is 221 cm³/mol. The SMILES string of the molecule is O=C(O)CCCCCCCCCCCCCCCOc1ccc(S(=O)(=O)Cc2ccc(C(=O)NCCOCCOCC(=O)NCCOCCOCC(=O)O)cn2)cc1Cl. The number of carbonyl (C=O) groups is 4. The summed E-state index contributed by atoms with van der Waals surface area (Å²) in [7, 11) is -3.78. The third kappa shape index (κ3) is 26.1. The molecule has 0 aliphatic rings. The molecule has 0 fully saturated rings. The molecule has 2 rings (SSSR count). The van der Waals surface area contributed by atoms with E-state index in [0.717, 1.165) is 38.5 Å². The van der Waals surface area contributed by atoms with Gasteiger partial charge in [0.05, 0.1) is 73.2 Å². The van der Waals surface area contributed by atoms with Gasteiger partial charge in [0.15, 0.2) is 9.84 Å². The Morgan fingerprint density at radius 2 is 1.19 bits per heavy atom. The highest BCUT2D eigenvalue weighted by atomic mass is 35.5. The highest BCUT2D eigenvalue weighted by molar-refractivity contribution is 7.90. The number of rotatable bonds is 37. The minimum Gasteiger partial charge on any atom is -0.492 e. The first-order valence-corrected chi connectivity index (χ1v) is 22.4. The number of amides is 2. The number of unbranched alkanes of at least 4 members (excludes halogenated alkanes) is 12. The van der Waals surface area contributed by atoms with Crippen LogP contribution in [-0.2, 0) is 48.9 Å². The smallest absolute Gasteiger partial charge is 0.329 e. The van der Waals surface area contributed by atoms with E-state index in [2.05, 4.69) is 15.6 Å². The van der Waals surface area contributed by atoms with Crippen LogP contribution in [0.15, 0.2) is 41.4 Å². The minimum absolute atomic E-state index is 0.0453. The Morgan fingerprint density at radius 3 is 1.75 bits per heavy atom. The average molecular weight is 872 g/mol. The lowest BCUT2D eigenvalue weighted by atomic mass is 10.0. The van der Waals surface area contributed by atoms with Gasteiger partial charge in [-0.1, -0.05) is 82.2 Å². The number of aromatic nitrogens is 1. The van der Waals surface area contributed by atoms with Gasteiger partial charge in [-0.15, -0.1) is 0 Å². The fourth-order valence-corrected chi connectivity index (χ4v) is 7.24. The summed E-state index contributed by atoms with van der Waals surface area (Å²) in [6, 6.07) is 7.40. The standard InChI is InChI=1S/C41H62ClN3O13S/c42-36-28-35(17-18-37(36)58-21-13-11-9-7-5-3-1-2-4-6-8-10-12-14-39(47)48)59(52,53)32-34-16-15-33(29-45-34)41(51)44-20-23-55-24-26-56-30-38(46)43-19-22-54-25-27-57-31-40(49)50/h15-18,28-29H,1-14,19-27,30-32H2,(H,43,46)(H,44,51)(H,47,48)(H,49,50). The second kappa shape index (κ2) is 32.0. The van der Waals surface area contributed by atoms with Crippen molar-refractivity contribution in [3.8, 4) is 5.75 Å². The lowest BCUT2D eigenvalue weighted by molar-refractivity contribution is -0.143. The first kappa shape index (κ1) is 51.3. The molecular formula is C41H62ClN3O13S. The Bertz CT molecular complexity index is 1610. The van der Waals surface area contributed by atoms with E-state index in [4.69, 9.17) is 45.5 Å². The molecule has 0 atom stereocenters. The molecule has 0 saturated carbocycles. The Kier molecular flexibility index (Phi) is 27.8. The number of halogens is 1. The quantitative estimate of drug-likeness (QED) is 0.0604. The molecule has 332 valence electrons. The number of aliphatic carboxylic acids is 2.